The van der Waals surface area contributed by atoms with E-state index in [4.69, 9.17) is 4.74 Å². The molecule has 0 aliphatic carbocycles. The number of hydrogen-bond donors (Lipinski definition) is 2. The standard InChI is InChI=1S/C9H18N2O3/c1-5-7(12)10-6-11-8(13)14-9(2,3)4/h5-6H2,1-4H3,(H,10,12)(H,11,13). The van der Waals surface area contributed by atoms with Gasteiger partial charge in [0.1, 0.15) is 5.60 Å². The average molecular weight is 202 g/mol. The van der Waals surface area contributed by atoms with E-state index in [0.29, 0.717) is 6.42 Å². The van der Waals surface area contributed by atoms with Crippen LogP contribution >= 0.6 is 0 Å². The lowest BCUT2D eigenvalue weighted by atomic mass is 10.2. The van der Waals surface area contributed by atoms with Crippen molar-refractivity contribution in [1.82, 2.24) is 10.6 Å². The van der Waals surface area contributed by atoms with Crippen molar-refractivity contribution in [2.75, 3.05) is 6.67 Å². The van der Waals surface area contributed by atoms with Gasteiger partial charge in [-0.25, -0.2) is 4.79 Å². The highest BCUT2D eigenvalue weighted by molar-refractivity contribution is 5.76. The van der Waals surface area contributed by atoms with E-state index in [0.717, 1.165) is 0 Å². The normalized spacial score (nSPS) is 10.6. The Bertz CT molecular complexity index is 209. The van der Waals surface area contributed by atoms with Crippen LogP contribution in [0.5, 0.6) is 0 Å². The topological polar surface area (TPSA) is 67.4 Å². The first-order valence-corrected chi connectivity index (χ1v) is 4.58. The van der Waals surface area contributed by atoms with Gasteiger partial charge in [-0.1, -0.05) is 6.92 Å². The van der Waals surface area contributed by atoms with Gasteiger partial charge in [-0.3, -0.25) is 4.79 Å². The van der Waals surface area contributed by atoms with Gasteiger partial charge in [-0.15, -0.1) is 0 Å². The summed E-state index contributed by atoms with van der Waals surface area (Å²) in [6.45, 7) is 7.16. The molecule has 0 heterocycles. The number of nitrogens with one attached hydrogen (secondary N) is 2. The smallest absolute Gasteiger partial charge is 0.409 e. The molecule has 0 spiro atoms. The molecule has 82 valence electrons. The summed E-state index contributed by atoms with van der Waals surface area (Å²) in [7, 11) is 0. The monoisotopic (exact) mass is 202 g/mol. The zero-order valence-corrected chi connectivity index (χ0v) is 9.14. The molecule has 0 aliphatic heterocycles. The first kappa shape index (κ1) is 12.7. The molecule has 0 aromatic heterocycles. The summed E-state index contributed by atoms with van der Waals surface area (Å²) in [5, 5.41) is 4.91. The van der Waals surface area contributed by atoms with Crippen LogP contribution in [0.15, 0.2) is 0 Å². The first-order chi connectivity index (χ1) is 6.35. The molecule has 0 aliphatic rings. The van der Waals surface area contributed by atoms with Crippen LogP contribution < -0.4 is 10.6 Å². The molecule has 0 saturated heterocycles. The van der Waals surface area contributed by atoms with Crippen molar-refractivity contribution in [2.45, 2.75) is 39.7 Å². The minimum atomic E-state index is -0.533. The van der Waals surface area contributed by atoms with Gasteiger partial charge in [0.2, 0.25) is 5.91 Å². The van der Waals surface area contributed by atoms with Crippen molar-refractivity contribution < 1.29 is 14.3 Å². The molecule has 5 nitrogen and oxygen atoms in total. The molecule has 0 fully saturated rings. The van der Waals surface area contributed by atoms with Crippen LogP contribution in [0.4, 0.5) is 4.79 Å². The van der Waals surface area contributed by atoms with Gasteiger partial charge in [0.15, 0.2) is 0 Å². The van der Waals surface area contributed by atoms with E-state index < -0.39 is 11.7 Å². The van der Waals surface area contributed by atoms with Crippen molar-refractivity contribution >= 4 is 12.0 Å². The van der Waals surface area contributed by atoms with Crippen LogP contribution in [0.2, 0.25) is 0 Å². The van der Waals surface area contributed by atoms with E-state index in [-0.39, 0.29) is 12.6 Å². The lowest BCUT2D eigenvalue weighted by Gasteiger charge is -2.19. The Labute approximate surface area is 84.2 Å². The summed E-state index contributed by atoms with van der Waals surface area (Å²) in [5.74, 6) is -0.110. The Morgan fingerprint density at radius 2 is 1.79 bits per heavy atom. The second-order valence-corrected chi connectivity index (χ2v) is 3.81. The number of ether oxygens (including phenoxy) is 1. The number of amides is 2. The molecule has 0 bridgehead atoms. The summed E-state index contributed by atoms with van der Waals surface area (Å²) in [4.78, 5) is 21.8. The lowest BCUT2D eigenvalue weighted by molar-refractivity contribution is -0.120. The molecule has 0 rings (SSSR count). The van der Waals surface area contributed by atoms with Gasteiger partial charge in [0.25, 0.3) is 0 Å². The number of hydrogen-bond acceptors (Lipinski definition) is 3. The first-order valence-electron chi connectivity index (χ1n) is 4.58. The average Bonchev–Trinajstić information content (AvgIpc) is 2.00. The van der Waals surface area contributed by atoms with E-state index in [9.17, 15) is 9.59 Å². The second-order valence-electron chi connectivity index (χ2n) is 3.81. The molecule has 14 heavy (non-hydrogen) atoms. The maximum Gasteiger partial charge on any atom is 0.409 e. The maximum atomic E-state index is 11.0. The fraction of sp³-hybridized carbons (Fsp3) is 0.778. The van der Waals surface area contributed by atoms with Crippen LogP contribution in [0.1, 0.15) is 34.1 Å². The summed E-state index contributed by atoms with van der Waals surface area (Å²) in [5.41, 5.74) is -0.515. The van der Waals surface area contributed by atoms with Gasteiger partial charge in [0.05, 0.1) is 6.67 Å². The van der Waals surface area contributed by atoms with Gasteiger partial charge in [-0.05, 0) is 20.8 Å². The van der Waals surface area contributed by atoms with Crippen LogP contribution in [0, 0.1) is 0 Å². The molecule has 0 aromatic carbocycles. The minimum absolute atomic E-state index is 0.0988. The summed E-state index contributed by atoms with van der Waals surface area (Å²) in [6.07, 6.45) is -0.135. The molecular weight excluding hydrogens is 184 g/mol. The van der Waals surface area contributed by atoms with Crippen molar-refractivity contribution in [3.63, 3.8) is 0 Å². The summed E-state index contributed by atoms with van der Waals surface area (Å²) in [6, 6.07) is 0. The fourth-order valence-corrected chi connectivity index (χ4v) is 0.654. The molecule has 0 atom stereocenters. The molecule has 5 heteroatoms. The molecular formula is C9H18N2O3. The third-order valence-corrected chi connectivity index (χ3v) is 1.24. The van der Waals surface area contributed by atoms with E-state index in [1.54, 1.807) is 27.7 Å². The Morgan fingerprint density at radius 1 is 1.21 bits per heavy atom. The Morgan fingerprint density at radius 3 is 2.21 bits per heavy atom. The Hall–Kier alpha value is -1.26. The molecule has 0 radical (unpaired) electrons. The van der Waals surface area contributed by atoms with Crippen LogP contribution in [-0.4, -0.2) is 24.3 Å². The van der Waals surface area contributed by atoms with Crippen molar-refractivity contribution in [3.8, 4) is 0 Å². The van der Waals surface area contributed by atoms with E-state index >= 15 is 0 Å². The van der Waals surface area contributed by atoms with Crippen molar-refractivity contribution in [3.05, 3.63) is 0 Å². The molecule has 2 amide bonds. The molecule has 0 unspecified atom stereocenters. The molecule has 0 aromatic rings. The summed E-state index contributed by atoms with van der Waals surface area (Å²) >= 11 is 0. The fourth-order valence-electron chi connectivity index (χ4n) is 0.654. The number of carbonyl (C=O) groups excluding carboxylic acids is 2. The van der Waals surface area contributed by atoms with E-state index in [2.05, 4.69) is 10.6 Å². The highest BCUT2D eigenvalue weighted by Gasteiger charge is 2.15. The maximum absolute atomic E-state index is 11.0. The largest absolute Gasteiger partial charge is 0.444 e. The van der Waals surface area contributed by atoms with Gasteiger partial charge >= 0.3 is 6.09 Å². The highest BCUT2D eigenvalue weighted by Crippen LogP contribution is 2.05. The predicted molar refractivity (Wildman–Crippen MR) is 52.7 cm³/mol. The van der Waals surface area contributed by atoms with Crippen LogP contribution in [-0.2, 0) is 9.53 Å². The van der Waals surface area contributed by atoms with Crippen LogP contribution in [0.25, 0.3) is 0 Å². The van der Waals surface area contributed by atoms with Gasteiger partial charge in [0, 0.05) is 6.42 Å². The lowest BCUT2D eigenvalue weighted by Crippen LogP contribution is -2.39. The number of carbonyl (C=O) groups is 2. The zero-order chi connectivity index (χ0) is 11.2. The van der Waals surface area contributed by atoms with Gasteiger partial charge in [-0.2, -0.15) is 0 Å². The number of rotatable bonds is 3. The Kier molecular flexibility index (Phi) is 4.97. The Balaban J connectivity index is 3.60. The minimum Gasteiger partial charge on any atom is -0.444 e. The second kappa shape index (κ2) is 5.47. The third-order valence-electron chi connectivity index (χ3n) is 1.24. The van der Waals surface area contributed by atoms with Crippen molar-refractivity contribution in [2.24, 2.45) is 0 Å². The van der Waals surface area contributed by atoms with Crippen molar-refractivity contribution in [1.29, 1.82) is 0 Å². The van der Waals surface area contributed by atoms with E-state index in [1.807, 2.05) is 0 Å². The third kappa shape index (κ3) is 7.39. The molecule has 0 saturated carbocycles. The summed E-state index contributed by atoms with van der Waals surface area (Å²) < 4.78 is 4.95. The molecule has 2 N–H and O–H groups in total. The zero-order valence-electron chi connectivity index (χ0n) is 9.14. The highest BCUT2D eigenvalue weighted by atomic mass is 16.6. The van der Waals surface area contributed by atoms with E-state index in [1.165, 1.54) is 0 Å². The van der Waals surface area contributed by atoms with Crippen LogP contribution in [0.3, 0.4) is 0 Å². The quantitative estimate of drug-likeness (QED) is 0.671. The number of alkyl carbamates (subject to hydrolysis) is 1. The predicted octanol–water partition coefficient (Wildman–Crippen LogP) is 0.995. The van der Waals surface area contributed by atoms with Gasteiger partial charge < -0.3 is 15.4 Å². The SMILES string of the molecule is CCC(=O)NCNC(=O)OC(C)(C)C.